The summed E-state index contributed by atoms with van der Waals surface area (Å²) in [4.78, 5) is 19.6. The first-order chi connectivity index (χ1) is 13.3. The van der Waals surface area contributed by atoms with E-state index in [1.165, 1.54) is 0 Å². The average molecular weight is 395 g/mol. The molecule has 8 nitrogen and oxygen atoms in total. The summed E-state index contributed by atoms with van der Waals surface area (Å²) in [5.74, 6) is -1.46. The Kier molecular flexibility index (Phi) is 5.61. The lowest BCUT2D eigenvalue weighted by Gasteiger charge is -2.10. The lowest BCUT2D eigenvalue weighted by molar-refractivity contribution is -0.144. The average Bonchev–Trinajstić information content (AvgIpc) is 3.27. The Hall–Kier alpha value is -2.98. The van der Waals surface area contributed by atoms with E-state index < -0.39 is 12.0 Å². The second kappa shape index (κ2) is 7.95. The van der Waals surface area contributed by atoms with E-state index in [2.05, 4.69) is 25.5 Å². The summed E-state index contributed by atoms with van der Waals surface area (Å²) in [6.07, 6.45) is 0.221. The fourth-order valence-corrected chi connectivity index (χ4v) is 2.92. The van der Waals surface area contributed by atoms with Gasteiger partial charge in [-0.3, -0.25) is 9.48 Å². The SMILES string of the molecule is Cc1nc2nc(C(F)(F)F)nn2c(C)c1CCC(=O)NCCCn1cccn1. The van der Waals surface area contributed by atoms with Gasteiger partial charge in [-0.1, -0.05) is 0 Å². The van der Waals surface area contributed by atoms with Gasteiger partial charge in [0.1, 0.15) is 0 Å². The number of halogens is 3. The van der Waals surface area contributed by atoms with Crippen LogP contribution < -0.4 is 5.32 Å². The van der Waals surface area contributed by atoms with E-state index in [9.17, 15) is 18.0 Å². The van der Waals surface area contributed by atoms with Gasteiger partial charge in [-0.2, -0.15) is 23.3 Å². The summed E-state index contributed by atoms with van der Waals surface area (Å²) in [6.45, 7) is 4.56. The lowest BCUT2D eigenvalue weighted by atomic mass is 10.1. The maximum atomic E-state index is 12.8. The van der Waals surface area contributed by atoms with Crippen molar-refractivity contribution in [2.24, 2.45) is 0 Å². The quantitative estimate of drug-likeness (QED) is 0.619. The molecule has 0 fully saturated rings. The van der Waals surface area contributed by atoms with Crippen molar-refractivity contribution in [3.63, 3.8) is 0 Å². The third-order valence-electron chi connectivity index (χ3n) is 4.35. The Morgan fingerprint density at radius 1 is 1.25 bits per heavy atom. The molecule has 0 saturated carbocycles. The summed E-state index contributed by atoms with van der Waals surface area (Å²) < 4.78 is 41.3. The first kappa shape index (κ1) is 19.8. The van der Waals surface area contributed by atoms with Gasteiger partial charge in [0.2, 0.25) is 5.91 Å². The minimum atomic E-state index is -4.63. The van der Waals surface area contributed by atoms with Crippen LogP contribution in [0.3, 0.4) is 0 Å². The van der Waals surface area contributed by atoms with Crippen LogP contribution in [0.5, 0.6) is 0 Å². The van der Waals surface area contributed by atoms with E-state index in [0.29, 0.717) is 36.5 Å². The maximum Gasteiger partial charge on any atom is 0.453 e. The van der Waals surface area contributed by atoms with Crippen molar-refractivity contribution in [2.45, 2.75) is 45.8 Å². The van der Waals surface area contributed by atoms with Crippen LogP contribution in [0, 0.1) is 13.8 Å². The van der Waals surface area contributed by atoms with Gasteiger partial charge in [0, 0.05) is 43.3 Å². The van der Waals surface area contributed by atoms with Crippen LogP contribution in [0.4, 0.5) is 13.2 Å². The van der Waals surface area contributed by atoms with Gasteiger partial charge in [-0.15, -0.1) is 5.10 Å². The van der Waals surface area contributed by atoms with E-state index >= 15 is 0 Å². The fourth-order valence-electron chi connectivity index (χ4n) is 2.92. The zero-order chi connectivity index (χ0) is 20.3. The zero-order valence-corrected chi connectivity index (χ0v) is 15.5. The highest BCUT2D eigenvalue weighted by Crippen LogP contribution is 2.27. The number of nitrogens with zero attached hydrogens (tertiary/aromatic N) is 6. The van der Waals surface area contributed by atoms with Gasteiger partial charge >= 0.3 is 6.18 Å². The monoisotopic (exact) mass is 395 g/mol. The van der Waals surface area contributed by atoms with Crippen molar-refractivity contribution < 1.29 is 18.0 Å². The molecule has 0 aliphatic carbocycles. The molecule has 0 unspecified atom stereocenters. The molecule has 28 heavy (non-hydrogen) atoms. The van der Waals surface area contributed by atoms with Gasteiger partial charge in [0.15, 0.2) is 0 Å². The normalized spacial score (nSPS) is 11.9. The number of hydrogen-bond acceptors (Lipinski definition) is 5. The largest absolute Gasteiger partial charge is 0.453 e. The molecule has 3 heterocycles. The van der Waals surface area contributed by atoms with Crippen molar-refractivity contribution in [3.05, 3.63) is 41.2 Å². The Balaban J connectivity index is 1.59. The van der Waals surface area contributed by atoms with E-state index in [4.69, 9.17) is 0 Å². The van der Waals surface area contributed by atoms with Crippen LogP contribution in [0.2, 0.25) is 0 Å². The smallest absolute Gasteiger partial charge is 0.356 e. The number of aryl methyl sites for hydroxylation is 3. The van der Waals surface area contributed by atoms with Gasteiger partial charge in [-0.05, 0) is 38.3 Å². The van der Waals surface area contributed by atoms with E-state index in [0.717, 1.165) is 10.9 Å². The number of fused-ring (bicyclic) bond motifs is 1. The minimum Gasteiger partial charge on any atom is -0.356 e. The summed E-state index contributed by atoms with van der Waals surface area (Å²) in [7, 11) is 0. The maximum absolute atomic E-state index is 12.8. The van der Waals surface area contributed by atoms with Gasteiger partial charge in [0.05, 0.1) is 0 Å². The number of aromatic nitrogens is 6. The van der Waals surface area contributed by atoms with Crippen molar-refractivity contribution in [2.75, 3.05) is 6.54 Å². The van der Waals surface area contributed by atoms with Crippen molar-refractivity contribution >= 4 is 11.7 Å². The highest BCUT2D eigenvalue weighted by Gasteiger charge is 2.36. The standard InChI is InChI=1S/C17H20F3N7O/c1-11-13(5-6-14(28)21-7-3-9-26-10-4-8-22-26)12(2)27-16(23-11)24-15(25-27)17(18,19)20/h4,8,10H,3,5-7,9H2,1-2H3,(H,21,28). The summed E-state index contributed by atoms with van der Waals surface area (Å²) in [5, 5.41) is 10.4. The summed E-state index contributed by atoms with van der Waals surface area (Å²) in [5.41, 5.74) is 1.73. The molecule has 0 radical (unpaired) electrons. The number of rotatable bonds is 7. The number of hydrogen-bond donors (Lipinski definition) is 1. The lowest BCUT2D eigenvalue weighted by Crippen LogP contribution is -2.25. The zero-order valence-electron chi connectivity index (χ0n) is 15.5. The molecule has 1 N–H and O–H groups in total. The molecule has 0 aliphatic heterocycles. The van der Waals surface area contributed by atoms with Crippen molar-refractivity contribution in [1.82, 2.24) is 34.7 Å². The molecule has 11 heteroatoms. The topological polar surface area (TPSA) is 90.0 Å². The number of nitrogens with one attached hydrogen (secondary N) is 1. The number of amides is 1. The minimum absolute atomic E-state index is 0.103. The molecular weight excluding hydrogens is 375 g/mol. The highest BCUT2D eigenvalue weighted by molar-refractivity contribution is 5.76. The molecule has 1 amide bonds. The van der Waals surface area contributed by atoms with Crippen molar-refractivity contribution in [3.8, 4) is 0 Å². The van der Waals surface area contributed by atoms with Crippen LogP contribution in [0.1, 0.15) is 35.6 Å². The first-order valence-corrected chi connectivity index (χ1v) is 8.80. The molecule has 0 spiro atoms. The molecule has 3 aromatic heterocycles. The molecule has 3 rings (SSSR count). The van der Waals surface area contributed by atoms with Gasteiger partial charge in [0.25, 0.3) is 11.6 Å². The highest BCUT2D eigenvalue weighted by atomic mass is 19.4. The van der Waals surface area contributed by atoms with Crippen molar-refractivity contribution in [1.29, 1.82) is 0 Å². The molecule has 3 aromatic rings. The Morgan fingerprint density at radius 2 is 2.04 bits per heavy atom. The van der Waals surface area contributed by atoms with Gasteiger partial charge < -0.3 is 5.32 Å². The number of carbonyl (C=O) groups excluding carboxylic acids is 1. The van der Waals surface area contributed by atoms with Crippen LogP contribution in [0.25, 0.3) is 5.78 Å². The van der Waals surface area contributed by atoms with E-state index in [-0.39, 0.29) is 18.1 Å². The second-order valence-corrected chi connectivity index (χ2v) is 6.38. The first-order valence-electron chi connectivity index (χ1n) is 8.80. The summed E-state index contributed by atoms with van der Waals surface area (Å²) >= 11 is 0. The Bertz CT molecular complexity index is 963. The predicted molar refractivity (Wildman–Crippen MR) is 93.4 cm³/mol. The third kappa shape index (κ3) is 4.46. The Morgan fingerprint density at radius 3 is 2.71 bits per heavy atom. The summed E-state index contributed by atoms with van der Waals surface area (Å²) in [6, 6.07) is 1.83. The van der Waals surface area contributed by atoms with Gasteiger partial charge in [-0.25, -0.2) is 9.50 Å². The predicted octanol–water partition coefficient (Wildman–Crippen LogP) is 2.10. The molecule has 0 atom stereocenters. The molecule has 0 bridgehead atoms. The van der Waals surface area contributed by atoms with Crippen LogP contribution >= 0.6 is 0 Å². The van der Waals surface area contributed by atoms with Crippen LogP contribution in [0.15, 0.2) is 18.5 Å². The van der Waals surface area contributed by atoms with E-state index in [1.54, 1.807) is 24.7 Å². The Labute approximate surface area is 158 Å². The fraction of sp³-hybridized carbons (Fsp3) is 0.471. The molecular formula is C17H20F3N7O. The number of carbonyl (C=O) groups is 1. The van der Waals surface area contributed by atoms with Crippen LogP contribution in [-0.2, 0) is 23.9 Å². The van der Waals surface area contributed by atoms with Crippen LogP contribution in [-0.4, -0.2) is 41.8 Å². The second-order valence-electron chi connectivity index (χ2n) is 6.38. The van der Waals surface area contributed by atoms with E-state index in [1.807, 2.05) is 12.3 Å². The molecule has 0 aromatic carbocycles. The number of alkyl halides is 3. The molecule has 150 valence electrons. The third-order valence-corrected chi connectivity index (χ3v) is 4.35. The molecule has 0 saturated heterocycles. The molecule has 0 aliphatic rings.